The number of carbonyl (C=O) groups is 2. The Hall–Kier alpha value is -2.39. The zero-order valence-electron chi connectivity index (χ0n) is 15.3. The molecule has 27 heavy (non-hydrogen) atoms. The monoisotopic (exact) mass is 393 g/mol. The molecule has 2 N–H and O–H groups in total. The van der Waals surface area contributed by atoms with E-state index in [1.807, 2.05) is 12.1 Å². The van der Waals surface area contributed by atoms with E-state index in [1.165, 1.54) is 4.31 Å². The van der Waals surface area contributed by atoms with Crippen molar-refractivity contribution in [3.8, 4) is 0 Å². The molecule has 0 saturated carbocycles. The molecule has 146 valence electrons. The number of rotatable bonds is 5. The molecular formula is C18H23N3O5S. The average molecular weight is 393 g/mol. The number of carbonyl (C=O) groups excluding carboxylic acids is 2. The number of aryl methyl sites for hydroxylation is 1. The molecule has 1 atom stereocenters. The van der Waals surface area contributed by atoms with E-state index in [1.54, 1.807) is 26.0 Å². The lowest BCUT2D eigenvalue weighted by Gasteiger charge is -2.23. The predicted molar refractivity (Wildman–Crippen MR) is 100 cm³/mol. The summed E-state index contributed by atoms with van der Waals surface area (Å²) >= 11 is 0. The number of nitrogens with one attached hydrogen (secondary N) is 2. The summed E-state index contributed by atoms with van der Waals surface area (Å²) in [7, 11) is -3.48. The number of para-hydroxylation sites is 1. The van der Waals surface area contributed by atoms with Crippen LogP contribution in [0, 0.1) is 6.92 Å². The summed E-state index contributed by atoms with van der Waals surface area (Å²) in [6, 6.07) is 6.45. The molecule has 1 fully saturated rings. The van der Waals surface area contributed by atoms with Gasteiger partial charge in [-0.3, -0.25) is 20.4 Å². The number of nitrogens with zero attached hydrogens (tertiary/aromatic N) is 1. The third-order valence-corrected chi connectivity index (χ3v) is 6.75. The molecule has 8 nitrogen and oxygen atoms in total. The van der Waals surface area contributed by atoms with Gasteiger partial charge in [0.1, 0.15) is 11.6 Å². The smallest absolute Gasteiger partial charge is 0.305 e. The van der Waals surface area contributed by atoms with Gasteiger partial charge in [0.25, 0.3) is 5.91 Å². The second-order valence-electron chi connectivity index (χ2n) is 6.58. The molecule has 0 spiro atoms. The van der Waals surface area contributed by atoms with Gasteiger partial charge in [-0.2, -0.15) is 4.31 Å². The van der Waals surface area contributed by atoms with Crippen LogP contribution in [0.3, 0.4) is 0 Å². The van der Waals surface area contributed by atoms with Crippen molar-refractivity contribution in [2.75, 3.05) is 12.3 Å². The Morgan fingerprint density at radius 3 is 2.70 bits per heavy atom. The van der Waals surface area contributed by atoms with E-state index < -0.39 is 27.9 Å². The van der Waals surface area contributed by atoms with Crippen molar-refractivity contribution in [1.29, 1.82) is 0 Å². The number of hydrogen-bond donors (Lipinski definition) is 2. The molecule has 2 amide bonds. The highest BCUT2D eigenvalue weighted by molar-refractivity contribution is 7.89. The van der Waals surface area contributed by atoms with Crippen LogP contribution < -0.4 is 10.9 Å². The summed E-state index contributed by atoms with van der Waals surface area (Å²) in [6.07, 6.45) is 1.52. The molecule has 3 rings (SSSR count). The van der Waals surface area contributed by atoms with Gasteiger partial charge in [-0.05, 0) is 32.3 Å². The molecule has 0 radical (unpaired) electrons. The summed E-state index contributed by atoms with van der Waals surface area (Å²) in [6.45, 7) is 3.86. The largest absolute Gasteiger partial charge is 0.451 e. The fraction of sp³-hybridized carbons (Fsp3) is 0.444. The maximum absolute atomic E-state index is 12.4. The van der Waals surface area contributed by atoms with E-state index in [-0.39, 0.29) is 11.5 Å². The van der Waals surface area contributed by atoms with Crippen molar-refractivity contribution in [2.45, 2.75) is 39.2 Å². The lowest BCUT2D eigenvalue weighted by atomic mass is 10.1. The van der Waals surface area contributed by atoms with Crippen molar-refractivity contribution in [2.24, 2.45) is 0 Å². The summed E-state index contributed by atoms with van der Waals surface area (Å²) in [4.78, 5) is 24.8. The first kappa shape index (κ1) is 19.4. The highest BCUT2D eigenvalue weighted by atomic mass is 32.2. The van der Waals surface area contributed by atoms with Crippen LogP contribution in [0.25, 0.3) is 11.0 Å². The molecule has 1 aliphatic heterocycles. The molecule has 1 aromatic carbocycles. The number of furan rings is 1. The minimum Gasteiger partial charge on any atom is -0.451 e. The Balaban J connectivity index is 1.67. The summed E-state index contributed by atoms with van der Waals surface area (Å²) in [5.74, 6) is -1.02. The Morgan fingerprint density at radius 1 is 1.26 bits per heavy atom. The van der Waals surface area contributed by atoms with Crippen molar-refractivity contribution in [3.63, 3.8) is 0 Å². The summed E-state index contributed by atoms with van der Waals surface area (Å²) in [5.41, 5.74) is 5.92. The Bertz CT molecular complexity index is 967. The number of amides is 2. The van der Waals surface area contributed by atoms with Gasteiger partial charge in [0, 0.05) is 17.5 Å². The maximum atomic E-state index is 12.4. The number of benzene rings is 1. The van der Waals surface area contributed by atoms with Crippen LogP contribution in [-0.4, -0.2) is 42.9 Å². The standard InChI is InChI=1S/C18H23N3O5S/c1-3-11-27(24,25)21-10-6-8-14(21)17(22)19-20-18(23)16-12(2)13-7-4-5-9-15(13)26-16/h4-5,7,9,14H,3,6,8,10-11H2,1-2H3,(H,19,22)(H,20,23). The highest BCUT2D eigenvalue weighted by Gasteiger charge is 2.38. The first-order chi connectivity index (χ1) is 12.8. The summed E-state index contributed by atoms with van der Waals surface area (Å²) < 4.78 is 31.4. The van der Waals surface area contributed by atoms with Crippen molar-refractivity contribution in [1.82, 2.24) is 15.2 Å². The maximum Gasteiger partial charge on any atom is 0.305 e. The van der Waals surface area contributed by atoms with Crippen LogP contribution in [0.4, 0.5) is 0 Å². The number of sulfonamides is 1. The topological polar surface area (TPSA) is 109 Å². The minimum absolute atomic E-state index is 0.00131. The molecule has 9 heteroatoms. The molecule has 1 unspecified atom stereocenters. The SMILES string of the molecule is CCCS(=O)(=O)N1CCCC1C(=O)NNC(=O)c1oc2ccccc2c1C. The molecule has 0 aliphatic carbocycles. The fourth-order valence-electron chi connectivity index (χ4n) is 3.36. The molecule has 1 aliphatic rings. The normalized spacial score (nSPS) is 17.9. The third kappa shape index (κ3) is 3.84. The molecule has 0 bridgehead atoms. The Kier molecular flexibility index (Phi) is 5.52. The zero-order chi connectivity index (χ0) is 19.6. The van der Waals surface area contributed by atoms with Crippen LogP contribution in [0.15, 0.2) is 28.7 Å². The number of hydrazine groups is 1. The van der Waals surface area contributed by atoms with Gasteiger partial charge in [0.2, 0.25) is 10.0 Å². The highest BCUT2D eigenvalue weighted by Crippen LogP contribution is 2.25. The van der Waals surface area contributed by atoms with Crippen LogP contribution >= 0.6 is 0 Å². The van der Waals surface area contributed by atoms with Gasteiger partial charge < -0.3 is 4.42 Å². The van der Waals surface area contributed by atoms with Crippen molar-refractivity contribution < 1.29 is 22.4 Å². The van der Waals surface area contributed by atoms with E-state index in [4.69, 9.17) is 4.42 Å². The van der Waals surface area contributed by atoms with Gasteiger partial charge in [-0.15, -0.1) is 0 Å². The van der Waals surface area contributed by atoms with Crippen LogP contribution in [0.5, 0.6) is 0 Å². The van der Waals surface area contributed by atoms with E-state index >= 15 is 0 Å². The Morgan fingerprint density at radius 2 is 2.00 bits per heavy atom. The van der Waals surface area contributed by atoms with Crippen LogP contribution in [0.1, 0.15) is 42.3 Å². The van der Waals surface area contributed by atoms with Crippen molar-refractivity contribution >= 4 is 32.8 Å². The third-order valence-electron chi connectivity index (χ3n) is 4.67. The van der Waals surface area contributed by atoms with Gasteiger partial charge in [0.05, 0.1) is 5.75 Å². The van der Waals surface area contributed by atoms with Gasteiger partial charge >= 0.3 is 5.91 Å². The second-order valence-corrected chi connectivity index (χ2v) is 8.62. The van der Waals surface area contributed by atoms with Crippen molar-refractivity contribution in [3.05, 3.63) is 35.6 Å². The second kappa shape index (κ2) is 7.69. The van der Waals surface area contributed by atoms with Crippen LogP contribution in [0.2, 0.25) is 0 Å². The molecule has 2 heterocycles. The van der Waals surface area contributed by atoms with E-state index in [0.717, 1.165) is 5.39 Å². The zero-order valence-corrected chi connectivity index (χ0v) is 16.1. The quantitative estimate of drug-likeness (QED) is 0.752. The molecular weight excluding hydrogens is 370 g/mol. The molecule has 2 aromatic rings. The number of hydrogen-bond acceptors (Lipinski definition) is 5. The predicted octanol–water partition coefficient (Wildman–Crippen LogP) is 1.71. The van der Waals surface area contributed by atoms with E-state index in [9.17, 15) is 18.0 Å². The molecule has 1 saturated heterocycles. The fourth-order valence-corrected chi connectivity index (χ4v) is 5.11. The Labute approximate surface area is 157 Å². The van der Waals surface area contributed by atoms with Crippen LogP contribution in [-0.2, 0) is 14.8 Å². The lowest BCUT2D eigenvalue weighted by Crippen LogP contribution is -2.51. The van der Waals surface area contributed by atoms with E-state index in [2.05, 4.69) is 10.9 Å². The van der Waals surface area contributed by atoms with E-state index in [0.29, 0.717) is 37.0 Å². The first-order valence-corrected chi connectivity index (χ1v) is 10.5. The lowest BCUT2D eigenvalue weighted by molar-refractivity contribution is -0.125. The summed E-state index contributed by atoms with van der Waals surface area (Å²) in [5, 5.41) is 0.821. The van der Waals surface area contributed by atoms with Gasteiger partial charge in [-0.25, -0.2) is 8.42 Å². The molecule has 1 aromatic heterocycles. The minimum atomic E-state index is -3.48. The number of fused-ring (bicyclic) bond motifs is 1. The van der Waals surface area contributed by atoms with Gasteiger partial charge in [-0.1, -0.05) is 25.1 Å². The van der Waals surface area contributed by atoms with Gasteiger partial charge in [0.15, 0.2) is 5.76 Å². The first-order valence-electron chi connectivity index (χ1n) is 8.93. The average Bonchev–Trinajstić information content (AvgIpc) is 3.25.